The van der Waals surface area contributed by atoms with Gasteiger partial charge in [-0.1, -0.05) is 13.0 Å². The molecule has 0 aliphatic carbocycles. The molecule has 0 spiro atoms. The van der Waals surface area contributed by atoms with E-state index < -0.39 is 0 Å². The normalized spacial score (nSPS) is 13.4. The summed E-state index contributed by atoms with van der Waals surface area (Å²) in [6.07, 6.45) is 2.16. The van der Waals surface area contributed by atoms with Crippen LogP contribution >= 0.6 is 0 Å². The number of unbranched alkanes of at least 4 members (excludes halogenated alkanes) is 1. The Labute approximate surface area is 108 Å². The number of fused-ring (bicyclic) bond motifs is 1. The van der Waals surface area contributed by atoms with Crippen molar-refractivity contribution in [3.8, 4) is 17.2 Å². The molecule has 0 saturated carbocycles. The van der Waals surface area contributed by atoms with Crippen molar-refractivity contribution < 1.29 is 14.2 Å². The van der Waals surface area contributed by atoms with E-state index in [1.807, 2.05) is 18.2 Å². The van der Waals surface area contributed by atoms with Crippen LogP contribution in [0.4, 0.5) is 0 Å². The van der Waals surface area contributed by atoms with Crippen LogP contribution in [0.2, 0.25) is 0 Å². The Morgan fingerprint density at radius 1 is 1.22 bits per heavy atom. The first kappa shape index (κ1) is 13.0. The van der Waals surface area contributed by atoms with Crippen molar-refractivity contribution in [2.75, 3.05) is 32.9 Å². The standard InChI is InChI=1S/C14H21NO3/c1-2-15-8-3-4-9-16-12-6-5-7-13-14(12)18-11-10-17-13/h5-7,15H,2-4,8-11H2,1H3. The van der Waals surface area contributed by atoms with Crippen LogP contribution in [0.3, 0.4) is 0 Å². The van der Waals surface area contributed by atoms with Gasteiger partial charge in [0.25, 0.3) is 0 Å². The molecule has 18 heavy (non-hydrogen) atoms. The van der Waals surface area contributed by atoms with Crippen LogP contribution < -0.4 is 19.5 Å². The molecule has 0 unspecified atom stereocenters. The Bertz CT molecular complexity index is 368. The summed E-state index contributed by atoms with van der Waals surface area (Å²) < 4.78 is 16.8. The van der Waals surface area contributed by atoms with Crippen LogP contribution in [0.1, 0.15) is 19.8 Å². The highest BCUT2D eigenvalue weighted by Gasteiger charge is 2.16. The minimum atomic E-state index is 0.591. The SMILES string of the molecule is CCNCCCCOc1cccc2c1OCCO2. The fourth-order valence-electron chi connectivity index (χ4n) is 1.87. The lowest BCUT2D eigenvalue weighted by Gasteiger charge is -2.20. The smallest absolute Gasteiger partial charge is 0.203 e. The molecule has 0 amide bonds. The second-order valence-corrected chi connectivity index (χ2v) is 4.19. The van der Waals surface area contributed by atoms with Crippen LogP contribution in [-0.4, -0.2) is 32.9 Å². The third-order valence-corrected chi connectivity index (χ3v) is 2.79. The highest BCUT2D eigenvalue weighted by atomic mass is 16.6. The first-order valence-electron chi connectivity index (χ1n) is 6.64. The molecule has 0 bridgehead atoms. The van der Waals surface area contributed by atoms with Gasteiger partial charge in [-0.15, -0.1) is 0 Å². The minimum absolute atomic E-state index is 0.591. The molecule has 0 fully saturated rings. The second-order valence-electron chi connectivity index (χ2n) is 4.19. The largest absolute Gasteiger partial charge is 0.490 e. The van der Waals surface area contributed by atoms with E-state index in [2.05, 4.69) is 12.2 Å². The van der Waals surface area contributed by atoms with Crippen LogP contribution in [0.15, 0.2) is 18.2 Å². The van der Waals surface area contributed by atoms with E-state index in [0.29, 0.717) is 19.8 Å². The van der Waals surface area contributed by atoms with Crippen molar-refractivity contribution in [1.82, 2.24) is 5.32 Å². The number of hydrogen-bond acceptors (Lipinski definition) is 4. The van der Waals surface area contributed by atoms with Gasteiger partial charge >= 0.3 is 0 Å². The van der Waals surface area contributed by atoms with Gasteiger partial charge < -0.3 is 19.5 Å². The molecule has 2 rings (SSSR count). The summed E-state index contributed by atoms with van der Waals surface area (Å²) in [6, 6.07) is 5.77. The number of hydrogen-bond donors (Lipinski definition) is 1. The zero-order valence-corrected chi connectivity index (χ0v) is 10.9. The van der Waals surface area contributed by atoms with E-state index in [0.717, 1.165) is 43.2 Å². The maximum Gasteiger partial charge on any atom is 0.203 e. The molecule has 100 valence electrons. The summed E-state index contributed by atoms with van der Waals surface area (Å²) >= 11 is 0. The third kappa shape index (κ3) is 3.53. The lowest BCUT2D eigenvalue weighted by Crippen LogP contribution is -2.16. The van der Waals surface area contributed by atoms with Gasteiger partial charge in [-0.25, -0.2) is 0 Å². The predicted molar refractivity (Wildman–Crippen MR) is 70.7 cm³/mol. The van der Waals surface area contributed by atoms with E-state index in [-0.39, 0.29) is 0 Å². The van der Waals surface area contributed by atoms with Crippen molar-refractivity contribution in [3.05, 3.63) is 18.2 Å². The maximum absolute atomic E-state index is 5.75. The molecule has 1 heterocycles. The molecule has 1 aliphatic heterocycles. The van der Waals surface area contributed by atoms with Gasteiger partial charge in [0.1, 0.15) is 13.2 Å². The zero-order valence-electron chi connectivity index (χ0n) is 10.9. The molecule has 1 aliphatic rings. The van der Waals surface area contributed by atoms with Crippen molar-refractivity contribution in [2.45, 2.75) is 19.8 Å². The monoisotopic (exact) mass is 251 g/mol. The van der Waals surface area contributed by atoms with Gasteiger partial charge in [-0.2, -0.15) is 0 Å². The van der Waals surface area contributed by atoms with E-state index in [9.17, 15) is 0 Å². The molecule has 4 nitrogen and oxygen atoms in total. The molecule has 0 radical (unpaired) electrons. The van der Waals surface area contributed by atoms with E-state index in [4.69, 9.17) is 14.2 Å². The van der Waals surface area contributed by atoms with Gasteiger partial charge in [0, 0.05) is 0 Å². The molecule has 1 N–H and O–H groups in total. The molecular weight excluding hydrogens is 230 g/mol. The van der Waals surface area contributed by atoms with Crippen LogP contribution in [0.25, 0.3) is 0 Å². The Kier molecular flexibility index (Phi) is 5.15. The van der Waals surface area contributed by atoms with Crippen LogP contribution in [0, 0.1) is 0 Å². The topological polar surface area (TPSA) is 39.7 Å². The number of para-hydroxylation sites is 1. The van der Waals surface area contributed by atoms with Gasteiger partial charge in [0.15, 0.2) is 11.5 Å². The highest BCUT2D eigenvalue weighted by Crippen LogP contribution is 2.38. The van der Waals surface area contributed by atoms with Crippen molar-refractivity contribution in [2.24, 2.45) is 0 Å². The van der Waals surface area contributed by atoms with Crippen LogP contribution in [-0.2, 0) is 0 Å². The predicted octanol–water partition coefficient (Wildman–Crippen LogP) is 2.23. The van der Waals surface area contributed by atoms with Crippen LogP contribution in [0.5, 0.6) is 17.2 Å². The zero-order chi connectivity index (χ0) is 12.6. The second kappa shape index (κ2) is 7.11. The Morgan fingerprint density at radius 2 is 2.11 bits per heavy atom. The summed E-state index contributed by atoms with van der Waals surface area (Å²) in [6.45, 7) is 6.10. The molecular formula is C14H21NO3. The lowest BCUT2D eigenvalue weighted by atomic mass is 10.2. The van der Waals surface area contributed by atoms with Crippen molar-refractivity contribution in [3.63, 3.8) is 0 Å². The number of rotatable bonds is 7. The van der Waals surface area contributed by atoms with Crippen molar-refractivity contribution in [1.29, 1.82) is 0 Å². The van der Waals surface area contributed by atoms with E-state index in [1.165, 1.54) is 0 Å². The fraction of sp³-hybridized carbons (Fsp3) is 0.571. The van der Waals surface area contributed by atoms with Gasteiger partial charge in [0.05, 0.1) is 6.61 Å². The van der Waals surface area contributed by atoms with Gasteiger partial charge in [-0.3, -0.25) is 0 Å². The molecule has 1 aromatic carbocycles. The van der Waals surface area contributed by atoms with E-state index >= 15 is 0 Å². The summed E-state index contributed by atoms with van der Waals surface area (Å²) in [7, 11) is 0. The van der Waals surface area contributed by atoms with Crippen molar-refractivity contribution >= 4 is 0 Å². The summed E-state index contributed by atoms with van der Waals surface area (Å²) in [5.74, 6) is 2.32. The number of ether oxygens (including phenoxy) is 3. The molecule has 0 saturated heterocycles. The molecule has 0 aromatic heterocycles. The van der Waals surface area contributed by atoms with Gasteiger partial charge in [-0.05, 0) is 38.1 Å². The first-order valence-corrected chi connectivity index (χ1v) is 6.64. The molecule has 0 atom stereocenters. The Balaban J connectivity index is 1.79. The summed E-state index contributed by atoms with van der Waals surface area (Å²) in [4.78, 5) is 0. The highest BCUT2D eigenvalue weighted by molar-refractivity contribution is 5.51. The maximum atomic E-state index is 5.75. The van der Waals surface area contributed by atoms with Gasteiger partial charge in [0.2, 0.25) is 5.75 Å². The molecule has 4 heteroatoms. The number of nitrogens with one attached hydrogen (secondary N) is 1. The average Bonchev–Trinajstić information content (AvgIpc) is 2.43. The third-order valence-electron chi connectivity index (χ3n) is 2.79. The quantitative estimate of drug-likeness (QED) is 0.754. The number of benzene rings is 1. The Hall–Kier alpha value is -1.42. The first-order chi connectivity index (χ1) is 8.92. The summed E-state index contributed by atoms with van der Waals surface area (Å²) in [5, 5.41) is 3.30. The molecule has 1 aromatic rings. The lowest BCUT2D eigenvalue weighted by molar-refractivity contribution is 0.161. The minimum Gasteiger partial charge on any atom is -0.490 e. The van der Waals surface area contributed by atoms with E-state index in [1.54, 1.807) is 0 Å². The fourth-order valence-corrected chi connectivity index (χ4v) is 1.87. The summed E-state index contributed by atoms with van der Waals surface area (Å²) in [5.41, 5.74) is 0. The average molecular weight is 251 g/mol. The Morgan fingerprint density at radius 3 is 3.00 bits per heavy atom.